The van der Waals surface area contributed by atoms with Crippen molar-refractivity contribution in [3.05, 3.63) is 52.2 Å². The number of anilines is 1. The van der Waals surface area contributed by atoms with Crippen LogP contribution in [0, 0.1) is 0 Å². The van der Waals surface area contributed by atoms with Gasteiger partial charge in [-0.25, -0.2) is 0 Å². The molecular weight excluding hydrogens is 322 g/mol. The standard InChI is InChI=1S/C18H21N3O2S/c1-2-21(12-13-6-5-11-24-13)17(22)10-9-16-19-15-8-4-3-7-14(15)18(23)20-16/h3-8,11,16,19H,2,9-10,12H2,1H3,(H,20,23). The van der Waals surface area contributed by atoms with Gasteiger partial charge in [0.15, 0.2) is 0 Å². The van der Waals surface area contributed by atoms with E-state index in [1.54, 1.807) is 17.4 Å². The lowest BCUT2D eigenvalue weighted by atomic mass is 10.1. The Morgan fingerprint density at radius 3 is 2.79 bits per heavy atom. The molecule has 24 heavy (non-hydrogen) atoms. The zero-order valence-electron chi connectivity index (χ0n) is 13.6. The van der Waals surface area contributed by atoms with E-state index in [9.17, 15) is 9.59 Å². The molecule has 1 unspecified atom stereocenters. The number of thiophene rings is 1. The van der Waals surface area contributed by atoms with Crippen molar-refractivity contribution in [1.82, 2.24) is 10.2 Å². The summed E-state index contributed by atoms with van der Waals surface area (Å²) in [4.78, 5) is 27.6. The molecule has 1 aliphatic heterocycles. The Morgan fingerprint density at radius 2 is 2.04 bits per heavy atom. The summed E-state index contributed by atoms with van der Waals surface area (Å²) in [5, 5.41) is 8.22. The number of hydrogen-bond acceptors (Lipinski definition) is 4. The second kappa shape index (κ2) is 7.49. The largest absolute Gasteiger partial charge is 0.365 e. The third-order valence-electron chi connectivity index (χ3n) is 4.11. The maximum absolute atomic E-state index is 12.5. The third kappa shape index (κ3) is 3.76. The number of carbonyl (C=O) groups excluding carboxylic acids is 2. The van der Waals surface area contributed by atoms with E-state index in [-0.39, 0.29) is 18.0 Å². The van der Waals surface area contributed by atoms with Gasteiger partial charge in [-0.2, -0.15) is 0 Å². The van der Waals surface area contributed by atoms with Gasteiger partial charge in [-0.15, -0.1) is 11.3 Å². The molecule has 0 aliphatic carbocycles. The first-order valence-electron chi connectivity index (χ1n) is 8.14. The number of carbonyl (C=O) groups is 2. The number of nitrogens with zero attached hydrogens (tertiary/aromatic N) is 1. The molecule has 126 valence electrons. The number of rotatable bonds is 6. The van der Waals surface area contributed by atoms with E-state index < -0.39 is 0 Å². The van der Waals surface area contributed by atoms with Gasteiger partial charge in [0.25, 0.3) is 5.91 Å². The molecule has 0 bridgehead atoms. The Morgan fingerprint density at radius 1 is 1.21 bits per heavy atom. The van der Waals surface area contributed by atoms with Crippen LogP contribution in [-0.4, -0.2) is 29.4 Å². The summed E-state index contributed by atoms with van der Waals surface area (Å²) >= 11 is 1.66. The second-order valence-corrected chi connectivity index (χ2v) is 6.77. The number of para-hydroxylation sites is 1. The summed E-state index contributed by atoms with van der Waals surface area (Å²) in [7, 11) is 0. The summed E-state index contributed by atoms with van der Waals surface area (Å²) in [5.74, 6) is 0.0218. The number of benzene rings is 1. The van der Waals surface area contributed by atoms with E-state index in [4.69, 9.17) is 0 Å². The SMILES string of the molecule is CCN(Cc1cccs1)C(=O)CCC1NC(=O)c2ccccc2N1. The second-order valence-electron chi connectivity index (χ2n) is 5.74. The van der Waals surface area contributed by atoms with Crippen LogP contribution in [0.5, 0.6) is 0 Å². The van der Waals surface area contributed by atoms with Crippen molar-refractivity contribution in [3.63, 3.8) is 0 Å². The Bertz CT molecular complexity index is 715. The predicted octanol–water partition coefficient (Wildman–Crippen LogP) is 3.06. The molecule has 1 atom stereocenters. The van der Waals surface area contributed by atoms with Crippen molar-refractivity contribution in [1.29, 1.82) is 0 Å². The molecule has 5 nitrogen and oxygen atoms in total. The molecule has 1 aliphatic rings. The zero-order valence-corrected chi connectivity index (χ0v) is 14.4. The van der Waals surface area contributed by atoms with Crippen molar-refractivity contribution in [2.75, 3.05) is 11.9 Å². The molecular formula is C18H21N3O2S. The fraction of sp³-hybridized carbons (Fsp3) is 0.333. The summed E-state index contributed by atoms with van der Waals surface area (Å²) in [6.07, 6.45) is 0.760. The van der Waals surface area contributed by atoms with Crippen LogP contribution in [0.1, 0.15) is 35.0 Å². The molecule has 0 fully saturated rings. The lowest BCUT2D eigenvalue weighted by Crippen LogP contribution is -2.45. The minimum absolute atomic E-state index is 0.0901. The summed E-state index contributed by atoms with van der Waals surface area (Å²) in [6.45, 7) is 3.33. The normalized spacial score (nSPS) is 16.0. The Kier molecular flexibility index (Phi) is 5.15. The lowest BCUT2D eigenvalue weighted by Gasteiger charge is -2.28. The van der Waals surface area contributed by atoms with Gasteiger partial charge in [0.1, 0.15) is 0 Å². The van der Waals surface area contributed by atoms with Crippen molar-refractivity contribution in [3.8, 4) is 0 Å². The summed E-state index contributed by atoms with van der Waals surface area (Å²) < 4.78 is 0. The average molecular weight is 343 g/mol. The molecule has 6 heteroatoms. The van der Waals surface area contributed by atoms with Crippen LogP contribution in [0.2, 0.25) is 0 Å². The average Bonchev–Trinajstić information content (AvgIpc) is 3.11. The molecule has 2 heterocycles. The van der Waals surface area contributed by atoms with Crippen molar-refractivity contribution in [2.45, 2.75) is 32.5 Å². The Balaban J connectivity index is 1.55. The quantitative estimate of drug-likeness (QED) is 0.847. The first kappa shape index (κ1) is 16.5. The van der Waals surface area contributed by atoms with Crippen molar-refractivity contribution < 1.29 is 9.59 Å². The van der Waals surface area contributed by atoms with Crippen LogP contribution >= 0.6 is 11.3 Å². The van der Waals surface area contributed by atoms with Gasteiger partial charge < -0.3 is 15.5 Å². The summed E-state index contributed by atoms with van der Waals surface area (Å²) in [5.41, 5.74) is 1.47. The van der Waals surface area contributed by atoms with E-state index >= 15 is 0 Å². The van der Waals surface area contributed by atoms with Gasteiger partial charge >= 0.3 is 0 Å². The van der Waals surface area contributed by atoms with E-state index in [0.29, 0.717) is 31.5 Å². The molecule has 0 radical (unpaired) electrons. The molecule has 2 N–H and O–H groups in total. The number of nitrogens with one attached hydrogen (secondary N) is 2. The third-order valence-corrected chi connectivity index (χ3v) is 4.98. The zero-order chi connectivity index (χ0) is 16.9. The molecule has 2 amide bonds. The van der Waals surface area contributed by atoms with Crippen LogP contribution < -0.4 is 10.6 Å². The van der Waals surface area contributed by atoms with Crippen LogP contribution in [0.3, 0.4) is 0 Å². The molecule has 2 aromatic rings. The van der Waals surface area contributed by atoms with Gasteiger partial charge in [-0.1, -0.05) is 18.2 Å². The van der Waals surface area contributed by atoms with E-state index in [0.717, 1.165) is 5.69 Å². The van der Waals surface area contributed by atoms with Gasteiger partial charge in [-0.3, -0.25) is 9.59 Å². The maximum atomic E-state index is 12.5. The smallest absolute Gasteiger partial charge is 0.254 e. The van der Waals surface area contributed by atoms with Crippen LogP contribution in [-0.2, 0) is 11.3 Å². The van der Waals surface area contributed by atoms with Crippen LogP contribution in [0.4, 0.5) is 5.69 Å². The van der Waals surface area contributed by atoms with Gasteiger partial charge in [0.2, 0.25) is 5.91 Å². The van der Waals surface area contributed by atoms with Crippen molar-refractivity contribution >= 4 is 28.8 Å². The molecule has 1 aromatic heterocycles. The minimum atomic E-state index is -0.211. The fourth-order valence-electron chi connectivity index (χ4n) is 2.80. The number of amides is 2. The van der Waals surface area contributed by atoms with Gasteiger partial charge in [-0.05, 0) is 36.9 Å². The Hall–Kier alpha value is -2.34. The fourth-order valence-corrected chi connectivity index (χ4v) is 3.52. The van der Waals surface area contributed by atoms with E-state index in [1.807, 2.05) is 47.5 Å². The summed E-state index contributed by atoms with van der Waals surface area (Å²) in [6, 6.07) is 11.5. The Labute approximate surface area is 145 Å². The van der Waals surface area contributed by atoms with Crippen LogP contribution in [0.15, 0.2) is 41.8 Å². The molecule has 1 aromatic carbocycles. The monoisotopic (exact) mass is 343 g/mol. The number of fused-ring (bicyclic) bond motifs is 1. The highest BCUT2D eigenvalue weighted by Gasteiger charge is 2.24. The molecule has 3 rings (SSSR count). The predicted molar refractivity (Wildman–Crippen MR) is 96.0 cm³/mol. The molecule has 0 saturated carbocycles. The first-order chi connectivity index (χ1) is 11.7. The van der Waals surface area contributed by atoms with Crippen LogP contribution in [0.25, 0.3) is 0 Å². The van der Waals surface area contributed by atoms with E-state index in [2.05, 4.69) is 10.6 Å². The molecule has 0 saturated heterocycles. The lowest BCUT2D eigenvalue weighted by molar-refractivity contribution is -0.131. The minimum Gasteiger partial charge on any atom is -0.365 e. The first-order valence-corrected chi connectivity index (χ1v) is 9.02. The highest BCUT2D eigenvalue weighted by Crippen LogP contribution is 2.21. The van der Waals surface area contributed by atoms with Gasteiger partial charge in [0.05, 0.1) is 18.3 Å². The highest BCUT2D eigenvalue weighted by molar-refractivity contribution is 7.09. The van der Waals surface area contributed by atoms with E-state index in [1.165, 1.54) is 4.88 Å². The number of hydrogen-bond donors (Lipinski definition) is 2. The highest BCUT2D eigenvalue weighted by atomic mass is 32.1. The maximum Gasteiger partial charge on any atom is 0.254 e. The molecule has 0 spiro atoms. The topological polar surface area (TPSA) is 61.4 Å². The van der Waals surface area contributed by atoms with Gasteiger partial charge in [0, 0.05) is 23.5 Å². The van der Waals surface area contributed by atoms with Crippen molar-refractivity contribution in [2.24, 2.45) is 0 Å².